The van der Waals surface area contributed by atoms with Gasteiger partial charge in [-0.25, -0.2) is 0 Å². The number of aromatic nitrogens is 2. The monoisotopic (exact) mass is 201 g/mol. The highest BCUT2D eigenvalue weighted by Crippen LogP contribution is 2.07. The number of halogens is 1. The second kappa shape index (κ2) is 4.28. The molecule has 5 heteroatoms. The van der Waals surface area contributed by atoms with Crippen molar-refractivity contribution in [3.8, 4) is 0 Å². The van der Waals surface area contributed by atoms with E-state index >= 15 is 0 Å². The average Bonchev–Trinajstić information content (AvgIpc) is 2.52. The fraction of sp³-hybridized carbons (Fsp3) is 0.500. The third-order valence-corrected chi connectivity index (χ3v) is 1.77. The Hall–Kier alpha value is -1.03. The lowest BCUT2D eigenvalue weighted by atomic mass is 10.4. The van der Waals surface area contributed by atoms with Crippen LogP contribution in [0.1, 0.15) is 19.9 Å². The molecular formula is C8H12ClN3O. The topological polar surface area (TPSA) is 46.9 Å². The van der Waals surface area contributed by atoms with E-state index in [0.717, 1.165) is 0 Å². The smallest absolute Gasteiger partial charge is 0.240 e. The first-order valence-corrected chi connectivity index (χ1v) is 4.58. The number of hydrogen-bond acceptors (Lipinski definition) is 2. The van der Waals surface area contributed by atoms with Gasteiger partial charge in [0.2, 0.25) is 5.91 Å². The van der Waals surface area contributed by atoms with Crippen molar-refractivity contribution in [2.24, 2.45) is 0 Å². The van der Waals surface area contributed by atoms with Crippen LogP contribution in [0, 0.1) is 0 Å². The van der Waals surface area contributed by atoms with E-state index in [0.29, 0.717) is 11.9 Å². The zero-order valence-corrected chi connectivity index (χ0v) is 8.38. The third kappa shape index (κ3) is 2.73. The molecule has 13 heavy (non-hydrogen) atoms. The number of hydrogen-bond donors (Lipinski definition) is 1. The third-order valence-electron chi connectivity index (χ3n) is 1.53. The van der Waals surface area contributed by atoms with Crippen LogP contribution >= 0.6 is 11.6 Å². The molecule has 72 valence electrons. The molecule has 0 saturated carbocycles. The molecule has 0 aliphatic carbocycles. The van der Waals surface area contributed by atoms with Gasteiger partial charge < -0.3 is 5.32 Å². The minimum atomic E-state index is -0.240. The lowest BCUT2D eigenvalue weighted by molar-refractivity contribution is -0.113. The number of carbonyl (C=O) groups excluding carboxylic acids is 1. The Bertz CT molecular complexity index is 295. The Labute approximate surface area is 81.9 Å². The van der Waals surface area contributed by atoms with Crippen LogP contribution in [0.3, 0.4) is 0 Å². The van der Waals surface area contributed by atoms with Crippen LogP contribution in [0.4, 0.5) is 5.82 Å². The molecule has 1 rings (SSSR count). The highest BCUT2D eigenvalue weighted by atomic mass is 35.5. The van der Waals surface area contributed by atoms with Gasteiger partial charge in [0, 0.05) is 18.3 Å². The molecule has 0 unspecified atom stereocenters. The van der Waals surface area contributed by atoms with Crippen LogP contribution in [0.15, 0.2) is 12.3 Å². The zero-order valence-electron chi connectivity index (χ0n) is 7.62. The van der Waals surface area contributed by atoms with E-state index in [2.05, 4.69) is 10.4 Å². The van der Waals surface area contributed by atoms with Gasteiger partial charge >= 0.3 is 0 Å². The van der Waals surface area contributed by atoms with Crippen LogP contribution in [0.5, 0.6) is 0 Å². The molecule has 0 saturated heterocycles. The van der Waals surface area contributed by atoms with Gasteiger partial charge in [0.25, 0.3) is 0 Å². The van der Waals surface area contributed by atoms with Crippen LogP contribution in [-0.2, 0) is 4.79 Å². The molecule has 1 aromatic rings. The Kier molecular flexibility index (Phi) is 3.31. The summed E-state index contributed by atoms with van der Waals surface area (Å²) in [5.74, 6) is 0.254. The first kappa shape index (κ1) is 10.1. The first-order chi connectivity index (χ1) is 6.13. The second-order valence-corrected chi connectivity index (χ2v) is 3.22. The largest absolute Gasteiger partial charge is 0.308 e. The lowest BCUT2D eigenvalue weighted by Crippen LogP contribution is -2.13. The quantitative estimate of drug-likeness (QED) is 0.756. The van der Waals surface area contributed by atoms with Crippen molar-refractivity contribution in [1.29, 1.82) is 0 Å². The maximum Gasteiger partial charge on any atom is 0.240 e. The molecule has 0 bridgehead atoms. The maximum absolute atomic E-state index is 10.9. The fourth-order valence-corrected chi connectivity index (χ4v) is 0.935. The predicted octanol–water partition coefficient (Wildman–Crippen LogP) is 1.64. The molecular weight excluding hydrogens is 190 g/mol. The summed E-state index contributed by atoms with van der Waals surface area (Å²) < 4.78 is 1.77. The van der Waals surface area contributed by atoms with Gasteiger partial charge in [-0.3, -0.25) is 9.48 Å². The van der Waals surface area contributed by atoms with Crippen LogP contribution in [0.25, 0.3) is 0 Å². The van der Waals surface area contributed by atoms with E-state index in [4.69, 9.17) is 11.6 Å². The molecule has 0 aliphatic rings. The standard InChI is InChI=1S/C8H12ClN3O/c1-6(2)12-4-3-7(11-12)10-8(13)5-9/h3-4,6H,5H2,1-2H3,(H,10,11,13). The number of rotatable bonds is 3. The fourth-order valence-electron chi connectivity index (χ4n) is 0.869. The van der Waals surface area contributed by atoms with Crippen LogP contribution < -0.4 is 5.32 Å². The Morgan fingerprint density at radius 2 is 2.46 bits per heavy atom. The molecule has 0 atom stereocenters. The van der Waals surface area contributed by atoms with Crippen molar-refractivity contribution in [2.75, 3.05) is 11.2 Å². The lowest BCUT2D eigenvalue weighted by Gasteiger charge is -2.03. The molecule has 1 N–H and O–H groups in total. The maximum atomic E-state index is 10.9. The van der Waals surface area contributed by atoms with Crippen molar-refractivity contribution in [2.45, 2.75) is 19.9 Å². The van der Waals surface area contributed by atoms with Crippen molar-refractivity contribution in [3.05, 3.63) is 12.3 Å². The number of anilines is 1. The Balaban J connectivity index is 2.64. The van der Waals surface area contributed by atoms with Gasteiger partial charge in [0.1, 0.15) is 5.88 Å². The Morgan fingerprint density at radius 1 is 1.77 bits per heavy atom. The van der Waals surface area contributed by atoms with E-state index in [9.17, 15) is 4.79 Å². The van der Waals surface area contributed by atoms with E-state index in [1.807, 2.05) is 20.0 Å². The number of nitrogens with one attached hydrogen (secondary N) is 1. The summed E-state index contributed by atoms with van der Waals surface area (Å²) in [5.41, 5.74) is 0. The summed E-state index contributed by atoms with van der Waals surface area (Å²) in [5, 5.41) is 6.69. The summed E-state index contributed by atoms with van der Waals surface area (Å²) in [6.07, 6.45) is 1.81. The van der Waals surface area contributed by atoms with Crippen molar-refractivity contribution >= 4 is 23.3 Å². The average molecular weight is 202 g/mol. The molecule has 0 spiro atoms. The van der Waals surface area contributed by atoms with Gasteiger partial charge in [0.15, 0.2) is 5.82 Å². The number of nitrogens with zero attached hydrogens (tertiary/aromatic N) is 2. The van der Waals surface area contributed by atoms with E-state index in [1.165, 1.54) is 0 Å². The first-order valence-electron chi connectivity index (χ1n) is 4.04. The molecule has 0 fully saturated rings. The van der Waals surface area contributed by atoms with Crippen molar-refractivity contribution in [3.63, 3.8) is 0 Å². The van der Waals surface area contributed by atoms with Gasteiger partial charge in [-0.1, -0.05) is 0 Å². The Morgan fingerprint density at radius 3 is 2.92 bits per heavy atom. The van der Waals surface area contributed by atoms with Crippen LogP contribution in [0.2, 0.25) is 0 Å². The highest BCUT2D eigenvalue weighted by Gasteiger charge is 2.04. The molecule has 1 aromatic heterocycles. The number of carbonyl (C=O) groups is 1. The second-order valence-electron chi connectivity index (χ2n) is 2.96. The van der Waals surface area contributed by atoms with Gasteiger partial charge in [-0.05, 0) is 13.8 Å². The van der Waals surface area contributed by atoms with Gasteiger partial charge in [-0.2, -0.15) is 5.10 Å². The summed E-state index contributed by atoms with van der Waals surface area (Å²) >= 11 is 5.32. The summed E-state index contributed by atoms with van der Waals surface area (Å²) in [6, 6.07) is 2.03. The molecule has 0 aliphatic heterocycles. The van der Waals surface area contributed by atoms with Crippen LogP contribution in [-0.4, -0.2) is 21.6 Å². The number of alkyl halides is 1. The van der Waals surface area contributed by atoms with E-state index in [1.54, 1.807) is 10.7 Å². The zero-order chi connectivity index (χ0) is 9.84. The molecule has 1 heterocycles. The van der Waals surface area contributed by atoms with Crippen molar-refractivity contribution < 1.29 is 4.79 Å². The predicted molar refractivity (Wildman–Crippen MR) is 52.0 cm³/mol. The SMILES string of the molecule is CC(C)n1ccc(NC(=O)CCl)n1. The summed E-state index contributed by atoms with van der Waals surface area (Å²) in [7, 11) is 0. The minimum absolute atomic E-state index is 0.0471. The van der Waals surface area contributed by atoms with Gasteiger partial charge in [0.05, 0.1) is 0 Å². The molecule has 1 amide bonds. The minimum Gasteiger partial charge on any atom is -0.308 e. The highest BCUT2D eigenvalue weighted by molar-refractivity contribution is 6.28. The van der Waals surface area contributed by atoms with Crippen molar-refractivity contribution in [1.82, 2.24) is 9.78 Å². The molecule has 4 nitrogen and oxygen atoms in total. The normalized spacial score (nSPS) is 10.5. The molecule has 0 radical (unpaired) electrons. The summed E-state index contributed by atoms with van der Waals surface area (Å²) in [4.78, 5) is 10.9. The van der Waals surface area contributed by atoms with E-state index < -0.39 is 0 Å². The summed E-state index contributed by atoms with van der Waals surface area (Å²) in [6.45, 7) is 4.03. The van der Waals surface area contributed by atoms with Gasteiger partial charge in [-0.15, -0.1) is 11.6 Å². The molecule has 0 aromatic carbocycles. The van der Waals surface area contributed by atoms with E-state index in [-0.39, 0.29) is 11.8 Å². The number of amides is 1.